The maximum atomic E-state index is 12.1. The molecule has 19 heavy (non-hydrogen) atoms. The number of phenolic OH excluding ortho intramolecular Hbond substituents is 1. The predicted molar refractivity (Wildman–Crippen MR) is 76.0 cm³/mol. The molecule has 0 spiro atoms. The van der Waals surface area contributed by atoms with Gasteiger partial charge in [-0.1, -0.05) is 0 Å². The lowest BCUT2D eigenvalue weighted by Gasteiger charge is -2.21. The Labute approximate surface area is 117 Å². The summed E-state index contributed by atoms with van der Waals surface area (Å²) in [6.07, 6.45) is 1.87. The van der Waals surface area contributed by atoms with E-state index in [0.717, 1.165) is 0 Å². The van der Waals surface area contributed by atoms with Crippen molar-refractivity contribution in [2.24, 2.45) is 0 Å². The molecule has 0 aromatic heterocycles. The third-order valence-electron chi connectivity index (χ3n) is 2.85. The normalized spacial score (nSPS) is 13.7. The summed E-state index contributed by atoms with van der Waals surface area (Å²) >= 11 is 1.48. The van der Waals surface area contributed by atoms with Crippen LogP contribution in [0.4, 0.5) is 0 Å². The van der Waals surface area contributed by atoms with E-state index in [4.69, 9.17) is 4.74 Å². The van der Waals surface area contributed by atoms with Gasteiger partial charge in [0.2, 0.25) is 0 Å². The van der Waals surface area contributed by atoms with Gasteiger partial charge in [0, 0.05) is 11.3 Å². The monoisotopic (exact) mass is 285 g/mol. The number of methoxy groups -OCH3 is 1. The minimum atomic E-state index is -0.392. The predicted octanol–water partition coefficient (Wildman–Crippen LogP) is 1.24. The molecular formula is C13H19NO4S. The second-order valence-electron chi connectivity index (χ2n) is 4.10. The zero-order valence-corrected chi connectivity index (χ0v) is 12.0. The minimum absolute atomic E-state index is 0.0211. The molecule has 106 valence electrons. The van der Waals surface area contributed by atoms with Crippen LogP contribution in [0.25, 0.3) is 0 Å². The summed E-state index contributed by atoms with van der Waals surface area (Å²) in [6.45, 7) is 1.79. The van der Waals surface area contributed by atoms with E-state index in [2.05, 4.69) is 5.32 Å². The Morgan fingerprint density at radius 3 is 2.74 bits per heavy atom. The van der Waals surface area contributed by atoms with Gasteiger partial charge < -0.3 is 20.3 Å². The van der Waals surface area contributed by atoms with Gasteiger partial charge >= 0.3 is 0 Å². The summed E-state index contributed by atoms with van der Waals surface area (Å²) in [7, 11) is 1.49. The number of phenols is 1. The molecule has 0 aliphatic rings. The third-order valence-corrected chi connectivity index (χ3v) is 4.01. The smallest absolute Gasteiger partial charge is 0.255 e. The van der Waals surface area contributed by atoms with Crippen molar-refractivity contribution in [2.45, 2.75) is 18.2 Å². The molecule has 0 heterocycles. The molecule has 1 aromatic rings. The van der Waals surface area contributed by atoms with E-state index in [-0.39, 0.29) is 29.2 Å². The molecule has 0 radical (unpaired) electrons. The zero-order chi connectivity index (χ0) is 14.4. The highest BCUT2D eigenvalue weighted by atomic mass is 32.2. The molecule has 6 heteroatoms. The van der Waals surface area contributed by atoms with Crippen LogP contribution in [0.1, 0.15) is 17.3 Å². The molecule has 2 unspecified atom stereocenters. The molecule has 1 aromatic carbocycles. The molecule has 0 saturated carbocycles. The molecule has 0 aliphatic carbocycles. The van der Waals surface area contributed by atoms with Crippen LogP contribution in [0, 0.1) is 0 Å². The molecular weight excluding hydrogens is 266 g/mol. The van der Waals surface area contributed by atoms with Crippen molar-refractivity contribution in [1.82, 2.24) is 5.32 Å². The van der Waals surface area contributed by atoms with E-state index in [1.54, 1.807) is 6.07 Å². The summed E-state index contributed by atoms with van der Waals surface area (Å²) in [5, 5.41) is 21.5. The van der Waals surface area contributed by atoms with Gasteiger partial charge in [-0.2, -0.15) is 11.8 Å². The van der Waals surface area contributed by atoms with E-state index in [9.17, 15) is 15.0 Å². The fourth-order valence-electron chi connectivity index (χ4n) is 1.64. The summed E-state index contributed by atoms with van der Waals surface area (Å²) in [5.41, 5.74) is 0.156. The molecule has 0 saturated heterocycles. The van der Waals surface area contributed by atoms with Crippen LogP contribution >= 0.6 is 11.8 Å². The molecule has 2 atom stereocenters. The van der Waals surface area contributed by atoms with Crippen LogP contribution < -0.4 is 10.1 Å². The van der Waals surface area contributed by atoms with Gasteiger partial charge in [-0.05, 0) is 31.4 Å². The maximum absolute atomic E-state index is 12.1. The summed E-state index contributed by atoms with van der Waals surface area (Å²) in [4.78, 5) is 12.1. The van der Waals surface area contributed by atoms with Crippen molar-refractivity contribution < 1.29 is 19.7 Å². The average Bonchev–Trinajstić information content (AvgIpc) is 2.40. The average molecular weight is 285 g/mol. The Morgan fingerprint density at radius 2 is 2.21 bits per heavy atom. The Bertz CT molecular complexity index is 435. The lowest BCUT2D eigenvalue weighted by atomic mass is 10.1. The Morgan fingerprint density at radius 1 is 1.53 bits per heavy atom. The molecule has 0 fully saturated rings. The zero-order valence-electron chi connectivity index (χ0n) is 11.2. The molecule has 0 aliphatic heterocycles. The lowest BCUT2D eigenvalue weighted by Crippen LogP contribution is -2.41. The molecule has 5 nitrogen and oxygen atoms in total. The van der Waals surface area contributed by atoms with Crippen LogP contribution in [-0.2, 0) is 0 Å². The van der Waals surface area contributed by atoms with E-state index in [1.807, 2.05) is 13.2 Å². The van der Waals surface area contributed by atoms with E-state index >= 15 is 0 Å². The number of aromatic hydroxyl groups is 1. The van der Waals surface area contributed by atoms with Gasteiger partial charge in [0.05, 0.1) is 19.3 Å². The summed E-state index contributed by atoms with van der Waals surface area (Å²) < 4.78 is 5.02. The second kappa shape index (κ2) is 7.25. The number of hydrogen-bond acceptors (Lipinski definition) is 5. The van der Waals surface area contributed by atoms with Crippen LogP contribution in [0.5, 0.6) is 11.5 Å². The highest BCUT2D eigenvalue weighted by Gasteiger charge is 2.20. The first-order chi connectivity index (χ1) is 9.03. The molecule has 3 N–H and O–H groups in total. The quantitative estimate of drug-likeness (QED) is 0.733. The Hall–Kier alpha value is -1.40. The fraction of sp³-hybridized carbons (Fsp3) is 0.462. The van der Waals surface area contributed by atoms with Crippen LogP contribution in [0.2, 0.25) is 0 Å². The van der Waals surface area contributed by atoms with Crippen LogP contribution in [0.15, 0.2) is 18.2 Å². The first-order valence-electron chi connectivity index (χ1n) is 5.85. The first kappa shape index (κ1) is 15.7. The van der Waals surface area contributed by atoms with Crippen molar-refractivity contribution in [3.05, 3.63) is 23.8 Å². The third kappa shape index (κ3) is 4.04. The fourth-order valence-corrected chi connectivity index (χ4v) is 2.26. The van der Waals surface area contributed by atoms with Crippen molar-refractivity contribution in [1.29, 1.82) is 0 Å². The number of ether oxygens (including phenoxy) is 1. The second-order valence-corrected chi connectivity index (χ2v) is 5.18. The minimum Gasteiger partial charge on any atom is -0.507 e. The number of aliphatic hydroxyl groups is 1. The number of nitrogens with one attached hydrogen (secondary N) is 1. The van der Waals surface area contributed by atoms with E-state index in [1.165, 1.54) is 31.0 Å². The van der Waals surface area contributed by atoms with Gasteiger partial charge in [0.1, 0.15) is 11.5 Å². The van der Waals surface area contributed by atoms with Gasteiger partial charge in [-0.25, -0.2) is 0 Å². The highest BCUT2D eigenvalue weighted by molar-refractivity contribution is 7.99. The highest BCUT2D eigenvalue weighted by Crippen LogP contribution is 2.23. The number of hydrogen-bond donors (Lipinski definition) is 3. The summed E-state index contributed by atoms with van der Waals surface area (Å²) in [6, 6.07) is 4.26. The largest absolute Gasteiger partial charge is 0.507 e. The van der Waals surface area contributed by atoms with Gasteiger partial charge in [0.15, 0.2) is 0 Å². The van der Waals surface area contributed by atoms with Crippen molar-refractivity contribution in [3.63, 3.8) is 0 Å². The van der Waals surface area contributed by atoms with Gasteiger partial charge in [-0.3, -0.25) is 4.79 Å². The number of thioether (sulfide) groups is 1. The number of carbonyl (C=O) groups excluding carboxylic acids is 1. The SMILES string of the molecule is COc1ccc(O)c(C(=O)NC(C)C(CO)SC)c1. The van der Waals surface area contributed by atoms with Gasteiger partial charge in [0.25, 0.3) is 5.91 Å². The number of carbonyl (C=O) groups is 1. The maximum Gasteiger partial charge on any atom is 0.255 e. The van der Waals surface area contributed by atoms with Crippen molar-refractivity contribution in [2.75, 3.05) is 20.0 Å². The van der Waals surface area contributed by atoms with E-state index < -0.39 is 5.91 Å². The van der Waals surface area contributed by atoms with Gasteiger partial charge in [-0.15, -0.1) is 0 Å². The number of amides is 1. The van der Waals surface area contributed by atoms with Crippen LogP contribution in [0.3, 0.4) is 0 Å². The lowest BCUT2D eigenvalue weighted by molar-refractivity contribution is 0.0933. The number of benzene rings is 1. The summed E-state index contributed by atoms with van der Waals surface area (Å²) in [5.74, 6) is 0.00535. The first-order valence-corrected chi connectivity index (χ1v) is 7.13. The molecule has 0 bridgehead atoms. The number of aliphatic hydroxyl groups excluding tert-OH is 1. The molecule has 1 amide bonds. The number of rotatable bonds is 6. The van der Waals surface area contributed by atoms with Crippen LogP contribution in [-0.4, -0.2) is 47.4 Å². The topological polar surface area (TPSA) is 78.8 Å². The van der Waals surface area contributed by atoms with Crippen molar-refractivity contribution in [3.8, 4) is 11.5 Å². The van der Waals surface area contributed by atoms with E-state index in [0.29, 0.717) is 5.75 Å². The Kier molecular flexibility index (Phi) is 5.98. The standard InChI is InChI=1S/C13H19NO4S/c1-8(12(7-15)19-3)14-13(17)10-6-9(18-2)4-5-11(10)16/h4-6,8,12,15-16H,7H2,1-3H3,(H,14,17). The molecule has 1 rings (SSSR count). The van der Waals surface area contributed by atoms with Crippen molar-refractivity contribution >= 4 is 17.7 Å². The Balaban J connectivity index is 2.83.